The predicted octanol–water partition coefficient (Wildman–Crippen LogP) is 1.64. The summed E-state index contributed by atoms with van der Waals surface area (Å²) in [5.41, 5.74) is 4.25. The smallest absolute Gasteiger partial charge is 0.241 e. The molecule has 5 nitrogen and oxygen atoms in total. The number of hydrogen-bond acceptors (Lipinski definition) is 3. The Morgan fingerprint density at radius 3 is 2.95 bits per heavy atom. The third-order valence-corrected chi connectivity index (χ3v) is 3.90. The van der Waals surface area contributed by atoms with E-state index in [1.165, 1.54) is 11.1 Å². The van der Waals surface area contributed by atoms with Crippen molar-refractivity contribution in [2.24, 2.45) is 7.05 Å². The highest BCUT2D eigenvalue weighted by Gasteiger charge is 2.24. The van der Waals surface area contributed by atoms with E-state index >= 15 is 0 Å². The van der Waals surface area contributed by atoms with E-state index < -0.39 is 0 Å². The second-order valence-corrected chi connectivity index (χ2v) is 5.41. The van der Waals surface area contributed by atoms with Gasteiger partial charge in [0.05, 0.1) is 17.4 Å². The lowest BCUT2D eigenvalue weighted by molar-refractivity contribution is -0.118. The van der Waals surface area contributed by atoms with Gasteiger partial charge in [0.1, 0.15) is 0 Å². The molecule has 1 aliphatic heterocycles. The molecular formula is C16H20N4O. The minimum absolute atomic E-state index is 0.00667. The number of carbonyl (C=O) groups excluding carboxylic acids is 1. The van der Waals surface area contributed by atoms with Gasteiger partial charge in [-0.25, -0.2) is 0 Å². The Morgan fingerprint density at radius 1 is 1.43 bits per heavy atom. The normalized spacial score (nSPS) is 17.3. The molecule has 0 radical (unpaired) electrons. The Hall–Kier alpha value is -2.14. The minimum Gasteiger partial charge on any atom is -0.322 e. The fourth-order valence-electron chi connectivity index (χ4n) is 2.76. The highest BCUT2D eigenvalue weighted by molar-refractivity contribution is 5.95. The summed E-state index contributed by atoms with van der Waals surface area (Å²) in [5, 5.41) is 10.6. The maximum atomic E-state index is 12.4. The predicted molar refractivity (Wildman–Crippen MR) is 82.0 cm³/mol. The molecule has 0 aliphatic carbocycles. The third kappa shape index (κ3) is 2.83. The van der Waals surface area contributed by atoms with Crippen molar-refractivity contribution in [3.05, 3.63) is 47.3 Å². The zero-order valence-electron chi connectivity index (χ0n) is 12.4. The van der Waals surface area contributed by atoms with Gasteiger partial charge in [0.2, 0.25) is 5.91 Å². The maximum absolute atomic E-state index is 12.4. The molecule has 1 amide bonds. The number of hydrogen-bond donors (Lipinski definition) is 2. The third-order valence-electron chi connectivity index (χ3n) is 3.90. The van der Waals surface area contributed by atoms with Gasteiger partial charge >= 0.3 is 0 Å². The molecule has 110 valence electrons. The first-order valence-electron chi connectivity index (χ1n) is 7.31. The van der Waals surface area contributed by atoms with Crippen molar-refractivity contribution in [3.63, 3.8) is 0 Å². The molecule has 2 aromatic rings. The van der Waals surface area contributed by atoms with Gasteiger partial charge in [-0.05, 0) is 24.0 Å². The average Bonchev–Trinajstić information content (AvgIpc) is 2.86. The molecule has 1 aliphatic rings. The number of nitrogens with one attached hydrogen (secondary N) is 2. The first kappa shape index (κ1) is 13.8. The molecule has 0 saturated carbocycles. The minimum atomic E-state index is -0.190. The van der Waals surface area contributed by atoms with Gasteiger partial charge in [-0.15, -0.1) is 0 Å². The number of nitrogens with zero attached hydrogens (tertiary/aromatic N) is 2. The van der Waals surface area contributed by atoms with E-state index in [0.717, 1.165) is 30.8 Å². The monoisotopic (exact) mass is 284 g/mol. The van der Waals surface area contributed by atoms with Crippen LogP contribution in [0.15, 0.2) is 30.5 Å². The Morgan fingerprint density at radius 2 is 2.19 bits per heavy atom. The van der Waals surface area contributed by atoms with E-state index in [0.29, 0.717) is 0 Å². The fourth-order valence-corrected chi connectivity index (χ4v) is 2.76. The Kier molecular flexibility index (Phi) is 3.75. The van der Waals surface area contributed by atoms with Crippen molar-refractivity contribution >= 4 is 11.6 Å². The van der Waals surface area contributed by atoms with Crippen LogP contribution in [0.25, 0.3) is 0 Å². The van der Waals surface area contributed by atoms with Crippen molar-refractivity contribution in [2.75, 3.05) is 5.32 Å². The van der Waals surface area contributed by atoms with Crippen LogP contribution in [0.3, 0.4) is 0 Å². The highest BCUT2D eigenvalue weighted by Crippen LogP contribution is 2.18. The van der Waals surface area contributed by atoms with Crippen molar-refractivity contribution < 1.29 is 4.79 Å². The molecule has 5 heteroatoms. The molecule has 0 saturated heterocycles. The second-order valence-electron chi connectivity index (χ2n) is 5.41. The fraction of sp³-hybridized carbons (Fsp3) is 0.375. The summed E-state index contributed by atoms with van der Waals surface area (Å²) in [6.45, 7) is 2.77. The van der Waals surface area contributed by atoms with Crippen LogP contribution in [-0.2, 0) is 31.2 Å². The lowest BCUT2D eigenvalue weighted by Crippen LogP contribution is -2.44. The summed E-state index contributed by atoms with van der Waals surface area (Å²) < 4.78 is 1.73. The summed E-state index contributed by atoms with van der Waals surface area (Å²) in [4.78, 5) is 12.4. The summed E-state index contributed by atoms with van der Waals surface area (Å²) >= 11 is 0. The molecule has 0 unspecified atom stereocenters. The number of carbonyl (C=O) groups is 1. The van der Waals surface area contributed by atoms with E-state index in [4.69, 9.17) is 0 Å². The number of benzene rings is 1. The van der Waals surface area contributed by atoms with Gasteiger partial charge in [0.25, 0.3) is 0 Å². The maximum Gasteiger partial charge on any atom is 0.241 e. The van der Waals surface area contributed by atoms with Gasteiger partial charge < -0.3 is 10.6 Å². The number of fused-ring (bicyclic) bond motifs is 1. The highest BCUT2D eigenvalue weighted by atomic mass is 16.2. The summed E-state index contributed by atoms with van der Waals surface area (Å²) in [6.07, 6.45) is 3.38. The Balaban J connectivity index is 1.72. The van der Waals surface area contributed by atoms with Crippen LogP contribution < -0.4 is 10.6 Å². The molecule has 3 rings (SSSR count). The molecule has 2 heterocycles. The van der Waals surface area contributed by atoms with E-state index in [1.54, 1.807) is 4.68 Å². The van der Waals surface area contributed by atoms with Crippen LogP contribution in [0.2, 0.25) is 0 Å². The lowest BCUT2D eigenvalue weighted by atomic mass is 9.95. The van der Waals surface area contributed by atoms with E-state index in [9.17, 15) is 4.79 Å². The lowest BCUT2D eigenvalue weighted by Gasteiger charge is -2.25. The zero-order valence-corrected chi connectivity index (χ0v) is 12.4. The molecular weight excluding hydrogens is 264 g/mol. The molecule has 1 aromatic heterocycles. The SMILES string of the molecule is CCc1nn(C)cc1NC(=O)[C@@H]1Cc2ccccc2CN1. The number of aryl methyl sites for hydroxylation is 2. The average molecular weight is 284 g/mol. The molecule has 1 aromatic carbocycles. The molecule has 0 fully saturated rings. The standard InChI is InChI=1S/C16H20N4O/c1-3-13-15(10-20(2)19-13)18-16(21)14-8-11-6-4-5-7-12(11)9-17-14/h4-7,10,14,17H,3,8-9H2,1-2H3,(H,18,21)/t14-/m0/s1. The number of anilines is 1. The van der Waals surface area contributed by atoms with Crippen LogP contribution in [-0.4, -0.2) is 21.7 Å². The zero-order chi connectivity index (χ0) is 14.8. The van der Waals surface area contributed by atoms with Crippen molar-refractivity contribution in [3.8, 4) is 0 Å². The van der Waals surface area contributed by atoms with Crippen LogP contribution >= 0.6 is 0 Å². The molecule has 21 heavy (non-hydrogen) atoms. The second kappa shape index (κ2) is 5.69. The van der Waals surface area contributed by atoms with Crippen LogP contribution in [0.5, 0.6) is 0 Å². The van der Waals surface area contributed by atoms with E-state index in [2.05, 4.69) is 27.9 Å². The topological polar surface area (TPSA) is 59.0 Å². The van der Waals surface area contributed by atoms with Gasteiger partial charge in [0, 0.05) is 19.8 Å². The summed E-state index contributed by atoms with van der Waals surface area (Å²) in [7, 11) is 1.87. The number of aromatic nitrogens is 2. The van der Waals surface area contributed by atoms with Gasteiger partial charge in [-0.1, -0.05) is 31.2 Å². The Bertz CT molecular complexity index is 662. The first-order valence-corrected chi connectivity index (χ1v) is 7.31. The van der Waals surface area contributed by atoms with E-state index in [-0.39, 0.29) is 11.9 Å². The molecule has 0 spiro atoms. The molecule has 0 bridgehead atoms. The molecule has 1 atom stereocenters. The van der Waals surface area contributed by atoms with E-state index in [1.807, 2.05) is 32.3 Å². The van der Waals surface area contributed by atoms with Crippen LogP contribution in [0.4, 0.5) is 5.69 Å². The first-order chi connectivity index (χ1) is 10.2. The van der Waals surface area contributed by atoms with Crippen LogP contribution in [0, 0.1) is 0 Å². The van der Waals surface area contributed by atoms with Gasteiger partial charge in [-0.2, -0.15) is 5.10 Å². The summed E-state index contributed by atoms with van der Waals surface area (Å²) in [5.74, 6) is 0.00667. The van der Waals surface area contributed by atoms with Crippen molar-refractivity contribution in [2.45, 2.75) is 32.4 Å². The van der Waals surface area contributed by atoms with Crippen molar-refractivity contribution in [1.82, 2.24) is 15.1 Å². The van der Waals surface area contributed by atoms with Gasteiger partial charge in [0.15, 0.2) is 0 Å². The van der Waals surface area contributed by atoms with Crippen LogP contribution in [0.1, 0.15) is 23.7 Å². The largest absolute Gasteiger partial charge is 0.322 e. The number of rotatable bonds is 3. The van der Waals surface area contributed by atoms with Gasteiger partial charge in [-0.3, -0.25) is 9.48 Å². The Labute approximate surface area is 124 Å². The quantitative estimate of drug-likeness (QED) is 0.901. The number of amides is 1. The summed E-state index contributed by atoms with van der Waals surface area (Å²) in [6, 6.07) is 8.06. The van der Waals surface area contributed by atoms with Crippen molar-refractivity contribution in [1.29, 1.82) is 0 Å². The molecule has 2 N–H and O–H groups in total.